The van der Waals surface area contributed by atoms with E-state index < -0.39 is 0 Å². The lowest BCUT2D eigenvalue weighted by Crippen LogP contribution is -2.32. The largest absolute Gasteiger partial charge is 0.496 e. The lowest BCUT2D eigenvalue weighted by atomic mass is 9.90. The molecule has 0 N–H and O–H groups in total. The Kier molecular flexibility index (Phi) is 7.86. The van der Waals surface area contributed by atoms with Gasteiger partial charge in [-0.2, -0.15) is 0 Å². The van der Waals surface area contributed by atoms with Crippen LogP contribution in [0, 0.1) is 0 Å². The minimum Gasteiger partial charge on any atom is -0.496 e. The number of methoxy groups -OCH3 is 1. The summed E-state index contributed by atoms with van der Waals surface area (Å²) in [5.74, 6) is 0.235. The summed E-state index contributed by atoms with van der Waals surface area (Å²) in [6, 6.07) is 20.8. The highest BCUT2D eigenvalue weighted by Crippen LogP contribution is 2.32. The predicted octanol–water partition coefficient (Wildman–Crippen LogP) is 4.46. The smallest absolute Gasteiger partial charge is 0.226 e. The molecule has 0 bridgehead atoms. The predicted molar refractivity (Wildman–Crippen MR) is 149 cm³/mol. The molecule has 0 aromatic heterocycles. The summed E-state index contributed by atoms with van der Waals surface area (Å²) in [7, 11) is 6.90. The highest BCUT2D eigenvalue weighted by atomic mass is 16.5. The zero-order valence-corrected chi connectivity index (χ0v) is 22.2. The normalized spacial score (nSPS) is 12.7. The number of aliphatic imine (C=N–C) groups is 1. The van der Waals surface area contributed by atoms with E-state index in [9.17, 15) is 14.4 Å². The van der Waals surface area contributed by atoms with Crippen molar-refractivity contribution < 1.29 is 19.1 Å². The molecule has 1 amide bonds. The van der Waals surface area contributed by atoms with E-state index in [2.05, 4.69) is 11.7 Å². The van der Waals surface area contributed by atoms with Crippen LogP contribution in [0.2, 0.25) is 0 Å². The Morgan fingerprint density at radius 2 is 1.50 bits per heavy atom. The topological polar surface area (TPSA) is 79.3 Å². The number of hydrogen-bond acceptors (Lipinski definition) is 6. The van der Waals surface area contributed by atoms with Gasteiger partial charge < -0.3 is 14.5 Å². The SMILES string of the molecule is C=NC1=C(N(C)CCc2ccc(-c3ccc(CC(=O)N(C)C)cc3OC)cc2)C(=O)c2ccccc2C1=O. The van der Waals surface area contributed by atoms with E-state index in [1.165, 1.54) is 0 Å². The number of amides is 1. The van der Waals surface area contributed by atoms with Crippen LogP contribution >= 0.6 is 0 Å². The third-order valence-electron chi connectivity index (χ3n) is 6.73. The Morgan fingerprint density at radius 1 is 0.868 bits per heavy atom. The molecule has 0 atom stereocenters. The van der Waals surface area contributed by atoms with Crippen LogP contribution in [0.15, 0.2) is 83.1 Å². The average Bonchev–Trinajstić information content (AvgIpc) is 2.93. The van der Waals surface area contributed by atoms with Gasteiger partial charge in [0.2, 0.25) is 17.5 Å². The van der Waals surface area contributed by atoms with Crippen LogP contribution in [-0.2, 0) is 17.6 Å². The van der Waals surface area contributed by atoms with Gasteiger partial charge in [-0.15, -0.1) is 0 Å². The Balaban J connectivity index is 1.48. The Morgan fingerprint density at radius 3 is 2.11 bits per heavy atom. The van der Waals surface area contributed by atoms with Gasteiger partial charge in [0.15, 0.2) is 0 Å². The molecule has 1 aliphatic rings. The second-order valence-electron chi connectivity index (χ2n) is 9.43. The number of ether oxygens (including phenoxy) is 1. The van der Waals surface area contributed by atoms with Crippen LogP contribution in [0.1, 0.15) is 31.8 Å². The molecule has 0 spiro atoms. The number of fused-ring (bicyclic) bond motifs is 1. The third kappa shape index (κ3) is 5.27. The van der Waals surface area contributed by atoms with Crippen molar-refractivity contribution in [1.29, 1.82) is 0 Å². The number of carbonyl (C=O) groups excluding carboxylic acids is 3. The van der Waals surface area contributed by atoms with Crippen molar-refractivity contribution in [2.75, 3.05) is 34.8 Å². The maximum absolute atomic E-state index is 13.2. The first-order valence-corrected chi connectivity index (χ1v) is 12.3. The van der Waals surface area contributed by atoms with Crippen molar-refractivity contribution in [2.45, 2.75) is 12.8 Å². The van der Waals surface area contributed by atoms with Gasteiger partial charge in [0.05, 0.1) is 13.5 Å². The van der Waals surface area contributed by atoms with Crippen LogP contribution < -0.4 is 4.74 Å². The molecule has 7 heteroatoms. The molecule has 0 aliphatic heterocycles. The minimum atomic E-state index is -0.285. The molecule has 4 rings (SSSR count). The molecule has 194 valence electrons. The van der Waals surface area contributed by atoms with Crippen LogP contribution in [0.4, 0.5) is 0 Å². The molecule has 0 unspecified atom stereocenters. The van der Waals surface area contributed by atoms with Gasteiger partial charge in [-0.05, 0) is 35.9 Å². The maximum Gasteiger partial charge on any atom is 0.226 e. The highest BCUT2D eigenvalue weighted by Gasteiger charge is 2.33. The fourth-order valence-corrected chi connectivity index (χ4v) is 4.53. The van der Waals surface area contributed by atoms with E-state index in [4.69, 9.17) is 4.74 Å². The van der Waals surface area contributed by atoms with Crippen molar-refractivity contribution in [2.24, 2.45) is 4.99 Å². The Hall–Kier alpha value is -4.52. The van der Waals surface area contributed by atoms with Gasteiger partial charge in [-0.1, -0.05) is 60.7 Å². The molecule has 1 aliphatic carbocycles. The van der Waals surface area contributed by atoms with E-state index in [1.54, 1.807) is 62.3 Å². The standard InChI is InChI=1S/C31H31N3O4/c1-32-28-29(31(37)25-9-7-6-8-24(25)30(28)36)34(4)17-16-20-10-13-22(14-11-20)23-15-12-21(18-26(23)38-5)19-27(35)33(2)3/h6-15,18H,1,16-17,19H2,2-5H3. The summed E-state index contributed by atoms with van der Waals surface area (Å²) in [6.07, 6.45) is 0.978. The van der Waals surface area contributed by atoms with Gasteiger partial charge in [-0.3, -0.25) is 19.4 Å². The van der Waals surface area contributed by atoms with Crippen molar-refractivity contribution in [3.05, 3.63) is 100 Å². The summed E-state index contributed by atoms with van der Waals surface area (Å²) in [5.41, 5.74) is 5.03. The summed E-state index contributed by atoms with van der Waals surface area (Å²) in [6.45, 7) is 4.06. The number of allylic oxidation sites excluding steroid dienone is 2. The van der Waals surface area contributed by atoms with Gasteiger partial charge in [0.25, 0.3) is 0 Å². The maximum atomic E-state index is 13.2. The fourth-order valence-electron chi connectivity index (χ4n) is 4.53. The Labute approximate surface area is 223 Å². The molecule has 3 aromatic carbocycles. The van der Waals surface area contributed by atoms with Crippen LogP contribution in [-0.4, -0.2) is 68.8 Å². The zero-order chi connectivity index (χ0) is 27.4. The van der Waals surface area contributed by atoms with Gasteiger partial charge in [0.1, 0.15) is 17.1 Å². The lowest BCUT2D eigenvalue weighted by molar-refractivity contribution is -0.127. The van der Waals surface area contributed by atoms with Crippen molar-refractivity contribution in [1.82, 2.24) is 9.80 Å². The van der Waals surface area contributed by atoms with Crippen molar-refractivity contribution in [3.63, 3.8) is 0 Å². The van der Waals surface area contributed by atoms with Crippen molar-refractivity contribution >= 4 is 24.2 Å². The second kappa shape index (κ2) is 11.3. The number of carbonyl (C=O) groups is 3. The molecule has 0 saturated carbocycles. The molecule has 7 nitrogen and oxygen atoms in total. The number of rotatable bonds is 9. The molecular weight excluding hydrogens is 478 g/mol. The minimum absolute atomic E-state index is 0.0318. The van der Waals surface area contributed by atoms with E-state index in [0.717, 1.165) is 22.3 Å². The first kappa shape index (κ1) is 26.5. The number of benzene rings is 3. The number of Topliss-reactive ketones (excluding diaryl/α,β-unsaturated/α-hetero) is 2. The molecular formula is C31H31N3O4. The van der Waals surface area contributed by atoms with E-state index in [0.29, 0.717) is 36.3 Å². The molecule has 0 heterocycles. The number of hydrogen-bond donors (Lipinski definition) is 0. The summed E-state index contributed by atoms with van der Waals surface area (Å²) < 4.78 is 5.61. The van der Waals surface area contributed by atoms with E-state index >= 15 is 0 Å². The molecule has 38 heavy (non-hydrogen) atoms. The van der Waals surface area contributed by atoms with Gasteiger partial charge in [-0.25, -0.2) is 0 Å². The first-order valence-electron chi connectivity index (χ1n) is 12.3. The molecule has 0 saturated heterocycles. The van der Waals surface area contributed by atoms with Crippen molar-refractivity contribution in [3.8, 4) is 16.9 Å². The summed E-state index contributed by atoms with van der Waals surface area (Å²) in [5, 5.41) is 0. The van der Waals surface area contributed by atoms with E-state index in [-0.39, 0.29) is 28.9 Å². The quantitative estimate of drug-likeness (QED) is 0.398. The second-order valence-corrected chi connectivity index (χ2v) is 9.43. The fraction of sp³-hybridized carbons (Fsp3) is 0.226. The first-order chi connectivity index (χ1) is 18.2. The van der Waals surface area contributed by atoms with Crippen LogP contribution in [0.25, 0.3) is 11.1 Å². The summed E-state index contributed by atoms with van der Waals surface area (Å²) in [4.78, 5) is 45.4. The molecule has 0 fully saturated rings. The van der Waals surface area contributed by atoms with Crippen LogP contribution in [0.5, 0.6) is 5.75 Å². The van der Waals surface area contributed by atoms with Gasteiger partial charge >= 0.3 is 0 Å². The monoisotopic (exact) mass is 509 g/mol. The highest BCUT2D eigenvalue weighted by molar-refractivity contribution is 6.26. The number of nitrogens with zero attached hydrogens (tertiary/aromatic N) is 3. The third-order valence-corrected chi connectivity index (χ3v) is 6.73. The number of likely N-dealkylation sites (N-methyl/N-ethyl adjacent to an activating group) is 2. The molecule has 0 radical (unpaired) electrons. The van der Waals surface area contributed by atoms with Gasteiger partial charge in [0, 0.05) is 44.4 Å². The average molecular weight is 510 g/mol. The molecule has 3 aromatic rings. The van der Waals surface area contributed by atoms with Crippen LogP contribution in [0.3, 0.4) is 0 Å². The zero-order valence-electron chi connectivity index (χ0n) is 22.2. The Bertz CT molecular complexity index is 1440. The van der Waals surface area contributed by atoms with E-state index in [1.807, 2.05) is 42.5 Å². The lowest BCUT2D eigenvalue weighted by Gasteiger charge is -2.27. The summed E-state index contributed by atoms with van der Waals surface area (Å²) >= 11 is 0. The number of ketones is 2.